The Morgan fingerprint density at radius 1 is 0.865 bits per heavy atom. The molecule has 6 nitrogen and oxygen atoms in total. The van der Waals surface area contributed by atoms with E-state index in [-0.39, 0.29) is 6.10 Å². The Morgan fingerprint density at radius 3 is 2.05 bits per heavy atom. The lowest BCUT2D eigenvalue weighted by atomic mass is 10.0. The minimum atomic E-state index is -0.617. The molecule has 0 radical (unpaired) electrons. The van der Waals surface area contributed by atoms with Gasteiger partial charge in [0.15, 0.2) is 6.10 Å². The van der Waals surface area contributed by atoms with Gasteiger partial charge in [-0.25, -0.2) is 9.78 Å². The van der Waals surface area contributed by atoms with Gasteiger partial charge in [0.05, 0.1) is 11.4 Å². The van der Waals surface area contributed by atoms with Gasteiger partial charge in [0.1, 0.15) is 11.3 Å². The van der Waals surface area contributed by atoms with Crippen LogP contribution < -0.4 is 15.0 Å². The summed E-state index contributed by atoms with van der Waals surface area (Å²) in [7, 11) is 1.68. The van der Waals surface area contributed by atoms with E-state index < -0.39 is 11.7 Å². The van der Waals surface area contributed by atoms with Gasteiger partial charge in [0.2, 0.25) is 5.88 Å². The zero-order chi connectivity index (χ0) is 26.4. The summed E-state index contributed by atoms with van der Waals surface area (Å²) >= 11 is 3.59. The van der Waals surface area contributed by atoms with Crippen molar-refractivity contribution in [3.63, 3.8) is 0 Å². The van der Waals surface area contributed by atoms with E-state index in [0.717, 1.165) is 15.6 Å². The van der Waals surface area contributed by atoms with E-state index in [4.69, 9.17) is 9.47 Å². The summed E-state index contributed by atoms with van der Waals surface area (Å²) in [6.07, 6.45) is 0.880. The van der Waals surface area contributed by atoms with Crippen LogP contribution >= 0.6 is 15.9 Å². The molecule has 0 atom stereocenters. The van der Waals surface area contributed by atoms with Gasteiger partial charge in [0, 0.05) is 17.7 Å². The first-order valence-corrected chi connectivity index (χ1v) is 12.8. The molecule has 0 bridgehead atoms. The van der Waals surface area contributed by atoms with Gasteiger partial charge in [-0.2, -0.15) is 0 Å². The van der Waals surface area contributed by atoms with Crippen LogP contribution in [0, 0.1) is 0 Å². The average Bonchev–Trinajstić information content (AvgIpc) is 2.88. The van der Waals surface area contributed by atoms with Crippen molar-refractivity contribution in [2.75, 3.05) is 17.3 Å². The lowest BCUT2D eigenvalue weighted by molar-refractivity contribution is 0.0589. The summed E-state index contributed by atoms with van der Waals surface area (Å²) in [6, 6.07) is 29.5. The molecule has 7 heteroatoms. The molecule has 4 rings (SSSR count). The van der Waals surface area contributed by atoms with Crippen LogP contribution in [0.5, 0.6) is 5.88 Å². The van der Waals surface area contributed by atoms with Gasteiger partial charge >= 0.3 is 6.09 Å². The van der Waals surface area contributed by atoms with Crippen molar-refractivity contribution >= 4 is 39.1 Å². The number of benzene rings is 3. The first-order valence-electron chi connectivity index (χ1n) is 12.0. The van der Waals surface area contributed by atoms with E-state index >= 15 is 0 Å². The van der Waals surface area contributed by atoms with Gasteiger partial charge in [-0.3, -0.25) is 4.90 Å². The minimum Gasteiger partial charge on any atom is -0.463 e. The molecule has 0 aliphatic rings. The molecule has 1 amide bonds. The van der Waals surface area contributed by atoms with Crippen molar-refractivity contribution in [2.24, 2.45) is 0 Å². The first kappa shape index (κ1) is 26.2. The van der Waals surface area contributed by atoms with Crippen molar-refractivity contribution in [3.05, 3.63) is 113 Å². The summed E-state index contributed by atoms with van der Waals surface area (Å²) in [5, 5.41) is 3.42. The van der Waals surface area contributed by atoms with Gasteiger partial charge in [-0.15, -0.1) is 0 Å². The van der Waals surface area contributed by atoms with Crippen molar-refractivity contribution in [1.82, 2.24) is 4.98 Å². The summed E-state index contributed by atoms with van der Waals surface area (Å²) in [4.78, 5) is 18.9. The van der Waals surface area contributed by atoms with E-state index in [1.807, 2.05) is 112 Å². The summed E-state index contributed by atoms with van der Waals surface area (Å²) in [5.74, 6) is 0.436. The molecule has 1 heterocycles. The number of rotatable bonds is 7. The molecule has 3 aromatic carbocycles. The van der Waals surface area contributed by atoms with Gasteiger partial charge in [-0.1, -0.05) is 66.7 Å². The van der Waals surface area contributed by atoms with E-state index in [9.17, 15) is 4.79 Å². The number of carbonyl (C=O) groups is 1. The number of pyridine rings is 1. The number of ether oxygens (including phenoxy) is 2. The predicted molar refractivity (Wildman–Crippen MR) is 152 cm³/mol. The highest BCUT2D eigenvalue weighted by molar-refractivity contribution is 9.10. The molecule has 0 fully saturated rings. The third kappa shape index (κ3) is 6.68. The second-order valence-electron chi connectivity index (χ2n) is 9.48. The van der Waals surface area contributed by atoms with Crippen LogP contribution in [0.4, 0.5) is 21.9 Å². The maximum atomic E-state index is 12.9. The minimum absolute atomic E-state index is 0.357. The maximum absolute atomic E-state index is 12.9. The van der Waals surface area contributed by atoms with Crippen LogP contribution in [-0.2, 0) is 4.74 Å². The third-order valence-corrected chi connectivity index (χ3v) is 6.10. The number of para-hydroxylation sites is 1. The highest BCUT2D eigenvalue weighted by atomic mass is 79.9. The van der Waals surface area contributed by atoms with Crippen LogP contribution in [0.25, 0.3) is 0 Å². The molecule has 0 unspecified atom stereocenters. The van der Waals surface area contributed by atoms with Gasteiger partial charge in [0.25, 0.3) is 0 Å². The number of halogens is 1. The highest BCUT2D eigenvalue weighted by Gasteiger charge is 2.25. The number of hydrogen-bond donors (Lipinski definition) is 1. The lowest BCUT2D eigenvalue weighted by Gasteiger charge is -2.27. The molecular weight excluding hydrogens is 530 g/mol. The van der Waals surface area contributed by atoms with Gasteiger partial charge < -0.3 is 14.8 Å². The largest absolute Gasteiger partial charge is 0.463 e. The molecule has 0 spiro atoms. The van der Waals surface area contributed by atoms with Crippen LogP contribution in [0.1, 0.15) is 38.0 Å². The summed E-state index contributed by atoms with van der Waals surface area (Å²) in [5.41, 5.74) is 3.40. The molecule has 0 aliphatic heterocycles. The Hall–Kier alpha value is -3.84. The number of hydrogen-bond acceptors (Lipinski definition) is 5. The van der Waals surface area contributed by atoms with Crippen molar-refractivity contribution in [2.45, 2.75) is 32.5 Å². The molecule has 1 N–H and O–H groups in total. The quantitative estimate of drug-likeness (QED) is 0.247. The number of carbonyl (C=O) groups excluding carboxylic acids is 1. The third-order valence-electron chi connectivity index (χ3n) is 5.46. The zero-order valence-corrected chi connectivity index (χ0v) is 22.9. The fourth-order valence-corrected chi connectivity index (χ4v) is 4.43. The average molecular weight is 560 g/mol. The Bertz CT molecular complexity index is 1300. The van der Waals surface area contributed by atoms with Crippen LogP contribution in [-0.4, -0.2) is 23.7 Å². The monoisotopic (exact) mass is 559 g/mol. The zero-order valence-electron chi connectivity index (χ0n) is 21.3. The Balaban J connectivity index is 1.68. The summed E-state index contributed by atoms with van der Waals surface area (Å²) < 4.78 is 12.9. The number of nitrogens with one attached hydrogen (secondary N) is 1. The van der Waals surface area contributed by atoms with E-state index in [2.05, 4.69) is 26.2 Å². The Kier molecular flexibility index (Phi) is 8.14. The number of aromatic nitrogens is 1. The first-order chi connectivity index (χ1) is 17.7. The predicted octanol–water partition coefficient (Wildman–Crippen LogP) is 8.13. The number of amides is 1. The van der Waals surface area contributed by atoms with Crippen molar-refractivity contribution in [1.29, 1.82) is 0 Å². The molecule has 1 aromatic heterocycles. The molecule has 190 valence electrons. The Morgan fingerprint density at radius 2 is 1.46 bits per heavy atom. The molecule has 0 saturated heterocycles. The van der Waals surface area contributed by atoms with Crippen LogP contribution in [0.2, 0.25) is 0 Å². The number of nitrogens with zero attached hydrogens (tertiary/aromatic N) is 2. The lowest BCUT2D eigenvalue weighted by Crippen LogP contribution is -2.34. The smallest absolute Gasteiger partial charge is 0.414 e. The second kappa shape index (κ2) is 11.5. The Labute approximate surface area is 226 Å². The molecular formula is C30H30BrN3O3. The van der Waals surface area contributed by atoms with Crippen LogP contribution in [0.3, 0.4) is 0 Å². The SMILES string of the molecule is CN(C(=O)OC(C)(C)C)c1c(Br)cccc1Nc1cccnc1OC(c1ccccc1)c1ccccc1. The molecule has 0 saturated carbocycles. The van der Waals surface area contributed by atoms with E-state index in [0.29, 0.717) is 22.9 Å². The fraction of sp³-hybridized carbons (Fsp3) is 0.200. The number of anilines is 3. The fourth-order valence-electron chi connectivity index (χ4n) is 3.80. The van der Waals surface area contributed by atoms with Crippen LogP contribution in [0.15, 0.2) is 102 Å². The van der Waals surface area contributed by atoms with E-state index in [1.165, 1.54) is 4.90 Å². The standard InChI is InChI=1S/C30H30BrN3O3/c1-30(2,3)37-29(35)34(4)26-23(31)17-11-18-24(26)33-25-19-12-20-32-28(25)36-27(21-13-7-5-8-14-21)22-15-9-6-10-16-22/h5-20,27,33H,1-4H3. The van der Waals surface area contributed by atoms with Crippen molar-refractivity contribution in [3.8, 4) is 5.88 Å². The van der Waals surface area contributed by atoms with E-state index in [1.54, 1.807) is 13.2 Å². The summed E-state index contributed by atoms with van der Waals surface area (Å²) in [6.45, 7) is 5.52. The molecule has 0 aliphatic carbocycles. The highest BCUT2D eigenvalue weighted by Crippen LogP contribution is 2.39. The second-order valence-corrected chi connectivity index (χ2v) is 10.3. The maximum Gasteiger partial charge on any atom is 0.414 e. The molecule has 4 aromatic rings. The molecule has 37 heavy (non-hydrogen) atoms. The normalized spacial score (nSPS) is 11.2. The van der Waals surface area contributed by atoms with Gasteiger partial charge in [-0.05, 0) is 72.1 Å². The van der Waals surface area contributed by atoms with Crippen molar-refractivity contribution < 1.29 is 14.3 Å². The topological polar surface area (TPSA) is 63.7 Å².